The van der Waals surface area contributed by atoms with Crippen LogP contribution in [-0.2, 0) is 11.2 Å². The van der Waals surface area contributed by atoms with Crippen molar-refractivity contribution < 1.29 is 23.8 Å². The summed E-state index contributed by atoms with van der Waals surface area (Å²) in [6.07, 6.45) is 5.84. The summed E-state index contributed by atoms with van der Waals surface area (Å²) in [5.74, 6) is 1.96. The lowest BCUT2D eigenvalue weighted by Gasteiger charge is -2.42. The van der Waals surface area contributed by atoms with Crippen LogP contribution in [0.3, 0.4) is 0 Å². The molecule has 254 valence electrons. The zero-order chi connectivity index (χ0) is 33.2. The van der Waals surface area contributed by atoms with Crippen molar-refractivity contribution in [1.82, 2.24) is 4.90 Å². The normalized spacial score (nSPS) is 19.1. The molecule has 1 aliphatic carbocycles. The van der Waals surface area contributed by atoms with Crippen molar-refractivity contribution in [3.05, 3.63) is 45.9 Å². The lowest BCUT2D eigenvalue weighted by Crippen LogP contribution is -2.50. The number of piperidine rings is 1. The molecular formula is C36H52Cl2N2O5Si. The summed E-state index contributed by atoms with van der Waals surface area (Å²) in [5, 5.41) is 15.4. The smallest absolute Gasteiger partial charge is 0.258 e. The van der Waals surface area contributed by atoms with Gasteiger partial charge in [-0.15, -0.1) is 0 Å². The molecular weight excluding hydrogens is 639 g/mol. The molecule has 0 radical (unpaired) electrons. The number of β-amino-alcohol motifs (C(OH)–C–C–N with tert-alkyl or cyclic N) is 1. The molecule has 5 rings (SSSR count). The second kappa shape index (κ2) is 14.6. The van der Waals surface area contributed by atoms with Gasteiger partial charge >= 0.3 is 0 Å². The molecule has 7 nitrogen and oxygen atoms in total. The Morgan fingerprint density at radius 3 is 2.30 bits per heavy atom. The number of hydrogen-bond acceptors (Lipinski definition) is 6. The number of likely N-dealkylation sites (tertiary alicyclic amines) is 1. The fraction of sp³-hybridized carbons (Fsp3) is 0.639. The van der Waals surface area contributed by atoms with E-state index in [2.05, 4.69) is 51.8 Å². The maximum Gasteiger partial charge on any atom is 0.258 e. The standard InChI is InChI=1S/C36H52Cl2N2O5Si/c1-23(2)46(24(3)4,25(5)6)45-33-19-34(31(18-30(33)38)39-35(42)26-9-7-8-10-26)43-22-29(41)21-40-15-13-36(14-16-40)20-27-17-28(37)11-12-32(27)44-36/h11-12,17-19,23-26,29,41H,7-10,13-16,20-22H2,1-6H3,(H,39,42). The first-order valence-electron chi connectivity index (χ1n) is 17.2. The van der Waals surface area contributed by atoms with Crippen molar-refractivity contribution in [1.29, 1.82) is 0 Å². The summed E-state index contributed by atoms with van der Waals surface area (Å²) in [6, 6.07) is 9.42. The quantitative estimate of drug-likeness (QED) is 0.217. The number of nitrogens with one attached hydrogen (secondary N) is 1. The Labute approximate surface area is 286 Å². The number of carbonyl (C=O) groups excluding carboxylic acids is 1. The number of anilines is 1. The van der Waals surface area contributed by atoms with Crippen molar-refractivity contribution >= 4 is 43.1 Å². The highest BCUT2D eigenvalue weighted by atomic mass is 35.5. The van der Waals surface area contributed by atoms with Crippen molar-refractivity contribution in [3.63, 3.8) is 0 Å². The fourth-order valence-corrected chi connectivity index (χ4v) is 13.9. The van der Waals surface area contributed by atoms with Crippen LogP contribution in [-0.4, -0.2) is 62.2 Å². The Balaban J connectivity index is 1.26. The van der Waals surface area contributed by atoms with Gasteiger partial charge in [0, 0.05) is 55.9 Å². The summed E-state index contributed by atoms with van der Waals surface area (Å²) < 4.78 is 19.6. The van der Waals surface area contributed by atoms with Gasteiger partial charge in [-0.3, -0.25) is 4.79 Å². The van der Waals surface area contributed by atoms with Crippen molar-refractivity contribution in [2.75, 3.05) is 31.6 Å². The molecule has 1 atom stereocenters. The maximum absolute atomic E-state index is 13.1. The lowest BCUT2D eigenvalue weighted by atomic mass is 9.87. The number of carbonyl (C=O) groups is 1. The van der Waals surface area contributed by atoms with Crippen LogP contribution in [0.5, 0.6) is 17.2 Å². The number of aliphatic hydroxyl groups excluding tert-OH is 1. The molecule has 1 saturated carbocycles. The highest BCUT2D eigenvalue weighted by Crippen LogP contribution is 2.47. The second-order valence-corrected chi connectivity index (χ2v) is 20.9. The highest BCUT2D eigenvalue weighted by Gasteiger charge is 2.47. The molecule has 2 aliphatic heterocycles. The molecule has 1 saturated heterocycles. The minimum Gasteiger partial charge on any atom is -0.542 e. The number of amides is 1. The predicted molar refractivity (Wildman–Crippen MR) is 189 cm³/mol. The summed E-state index contributed by atoms with van der Waals surface area (Å²) >= 11 is 13.1. The summed E-state index contributed by atoms with van der Waals surface area (Å²) in [4.78, 5) is 15.4. The molecule has 46 heavy (non-hydrogen) atoms. The minimum atomic E-state index is -2.31. The van der Waals surface area contributed by atoms with Crippen LogP contribution in [0, 0.1) is 5.92 Å². The third kappa shape index (κ3) is 7.67. The van der Waals surface area contributed by atoms with Gasteiger partial charge in [0.1, 0.15) is 35.6 Å². The molecule has 10 heteroatoms. The van der Waals surface area contributed by atoms with Gasteiger partial charge in [-0.05, 0) is 59.3 Å². The molecule has 1 spiro atoms. The summed E-state index contributed by atoms with van der Waals surface area (Å²) in [6.45, 7) is 15.6. The molecule has 3 aliphatic rings. The molecule has 1 unspecified atom stereocenters. The molecule has 0 bridgehead atoms. The number of nitrogens with zero attached hydrogens (tertiary/aromatic N) is 1. The molecule has 0 aromatic heterocycles. The van der Waals surface area contributed by atoms with Crippen LogP contribution in [0.2, 0.25) is 26.7 Å². The van der Waals surface area contributed by atoms with Crippen molar-refractivity contribution in [2.24, 2.45) is 5.92 Å². The van der Waals surface area contributed by atoms with Crippen LogP contribution in [0.4, 0.5) is 5.69 Å². The first-order valence-corrected chi connectivity index (χ1v) is 20.1. The number of benzene rings is 2. The van der Waals surface area contributed by atoms with Crippen LogP contribution in [0.1, 0.15) is 85.6 Å². The number of aliphatic hydroxyl groups is 1. The van der Waals surface area contributed by atoms with E-state index in [4.69, 9.17) is 37.1 Å². The van der Waals surface area contributed by atoms with Crippen molar-refractivity contribution in [2.45, 2.75) is 115 Å². The largest absolute Gasteiger partial charge is 0.542 e. The first kappa shape index (κ1) is 35.3. The average molecular weight is 692 g/mol. The van der Waals surface area contributed by atoms with E-state index in [1.54, 1.807) is 6.07 Å². The minimum absolute atomic E-state index is 0.00737. The third-order valence-corrected chi connectivity index (χ3v) is 17.1. The van der Waals surface area contributed by atoms with E-state index in [1.165, 1.54) is 5.56 Å². The lowest BCUT2D eigenvalue weighted by molar-refractivity contribution is -0.119. The molecule has 2 fully saturated rings. The Morgan fingerprint density at radius 2 is 1.67 bits per heavy atom. The number of ether oxygens (including phenoxy) is 2. The Morgan fingerprint density at radius 1 is 1.02 bits per heavy atom. The number of rotatable bonds is 12. The van der Waals surface area contributed by atoms with Gasteiger partial charge in [0.15, 0.2) is 0 Å². The van der Waals surface area contributed by atoms with Gasteiger partial charge in [0.2, 0.25) is 5.91 Å². The van der Waals surface area contributed by atoms with Gasteiger partial charge in [-0.25, -0.2) is 0 Å². The van der Waals surface area contributed by atoms with Crippen LogP contribution in [0.15, 0.2) is 30.3 Å². The van der Waals surface area contributed by atoms with E-state index in [0.717, 1.165) is 68.8 Å². The SMILES string of the molecule is CC(C)[Si](Oc1cc(OCC(O)CN2CCC3(CC2)Cc2cc(Cl)ccc2O3)c(NC(=O)C2CCCC2)cc1Cl)(C(C)C)C(C)C. The first-order chi connectivity index (χ1) is 21.8. The fourth-order valence-electron chi connectivity index (χ4n) is 8.16. The molecule has 2 heterocycles. The van der Waals surface area contributed by atoms with Gasteiger partial charge in [-0.2, -0.15) is 0 Å². The van der Waals surface area contributed by atoms with Gasteiger partial charge in [0.25, 0.3) is 8.32 Å². The van der Waals surface area contributed by atoms with E-state index in [9.17, 15) is 9.90 Å². The number of halogens is 2. The Bertz CT molecular complexity index is 1350. The molecule has 2 N–H and O–H groups in total. The summed E-state index contributed by atoms with van der Waals surface area (Å²) in [5.41, 5.74) is 2.58. The highest BCUT2D eigenvalue weighted by molar-refractivity contribution is 6.78. The van der Waals surface area contributed by atoms with Gasteiger partial charge in [-0.1, -0.05) is 77.6 Å². The van der Waals surface area contributed by atoms with E-state index in [0.29, 0.717) is 45.4 Å². The molecule has 2 aromatic carbocycles. The van der Waals surface area contributed by atoms with Crippen LogP contribution in [0.25, 0.3) is 0 Å². The van der Waals surface area contributed by atoms with E-state index in [-0.39, 0.29) is 24.0 Å². The van der Waals surface area contributed by atoms with E-state index in [1.807, 2.05) is 24.3 Å². The molecule has 1 amide bonds. The Hall–Kier alpha value is -1.97. The number of fused-ring (bicyclic) bond motifs is 1. The summed E-state index contributed by atoms with van der Waals surface area (Å²) in [7, 11) is -2.31. The maximum atomic E-state index is 13.1. The van der Waals surface area contributed by atoms with E-state index < -0.39 is 14.4 Å². The van der Waals surface area contributed by atoms with Gasteiger partial charge in [0.05, 0.1) is 10.7 Å². The zero-order valence-corrected chi connectivity index (χ0v) is 30.8. The van der Waals surface area contributed by atoms with Crippen LogP contribution < -0.4 is 19.2 Å². The van der Waals surface area contributed by atoms with Crippen LogP contribution >= 0.6 is 23.2 Å². The number of hydrogen-bond donors (Lipinski definition) is 2. The van der Waals surface area contributed by atoms with Gasteiger partial charge < -0.3 is 29.2 Å². The van der Waals surface area contributed by atoms with Crippen molar-refractivity contribution in [3.8, 4) is 17.2 Å². The zero-order valence-electron chi connectivity index (χ0n) is 28.3. The topological polar surface area (TPSA) is 80.3 Å². The average Bonchev–Trinajstić information content (AvgIpc) is 3.65. The Kier molecular flexibility index (Phi) is 11.3. The predicted octanol–water partition coefficient (Wildman–Crippen LogP) is 8.89. The third-order valence-electron chi connectivity index (χ3n) is 10.5. The van der Waals surface area contributed by atoms with E-state index >= 15 is 0 Å². The monoisotopic (exact) mass is 690 g/mol. The molecule has 2 aromatic rings. The second-order valence-electron chi connectivity index (χ2n) is 14.6.